The van der Waals surface area contributed by atoms with Crippen molar-refractivity contribution in [3.05, 3.63) is 46.5 Å². The van der Waals surface area contributed by atoms with E-state index in [0.29, 0.717) is 12.2 Å². The van der Waals surface area contributed by atoms with Gasteiger partial charge in [-0.2, -0.15) is 0 Å². The predicted octanol–water partition coefficient (Wildman–Crippen LogP) is 3.38. The number of aryl methyl sites for hydroxylation is 1. The summed E-state index contributed by atoms with van der Waals surface area (Å²) >= 11 is 1.58. The molecule has 3 aromatic rings. The molecule has 0 saturated carbocycles. The normalized spacial score (nSPS) is 15.8. The zero-order chi connectivity index (χ0) is 17.4. The first kappa shape index (κ1) is 16.0. The molecule has 0 bridgehead atoms. The number of likely N-dealkylation sites (tertiary alicyclic amines) is 1. The summed E-state index contributed by atoms with van der Waals surface area (Å²) in [5, 5.41) is 7.64. The molecular formula is C18H19N5OS. The lowest BCUT2D eigenvalue weighted by molar-refractivity contribution is -0.129. The number of thiazole rings is 1. The monoisotopic (exact) mass is 353 g/mol. The lowest BCUT2D eigenvalue weighted by Crippen LogP contribution is -2.29. The van der Waals surface area contributed by atoms with Gasteiger partial charge in [-0.3, -0.25) is 4.79 Å². The van der Waals surface area contributed by atoms with Gasteiger partial charge in [0.25, 0.3) is 0 Å². The molecule has 1 aliphatic heterocycles. The minimum atomic E-state index is -0.129. The van der Waals surface area contributed by atoms with E-state index in [9.17, 15) is 4.79 Å². The van der Waals surface area contributed by atoms with Gasteiger partial charge in [0.15, 0.2) is 5.82 Å². The van der Waals surface area contributed by atoms with Crippen LogP contribution in [0.2, 0.25) is 0 Å². The Hall–Kier alpha value is -2.54. The lowest BCUT2D eigenvalue weighted by Gasteiger charge is -2.23. The van der Waals surface area contributed by atoms with Crippen LogP contribution in [0.5, 0.6) is 0 Å². The predicted molar refractivity (Wildman–Crippen MR) is 96.6 cm³/mol. The molecule has 1 aliphatic rings. The molecule has 128 valence electrons. The maximum Gasteiger partial charge on any atom is 0.223 e. The van der Waals surface area contributed by atoms with Gasteiger partial charge in [-0.15, -0.1) is 16.4 Å². The summed E-state index contributed by atoms with van der Waals surface area (Å²) in [6, 6.07) is 9.77. The molecule has 1 aromatic carbocycles. The summed E-state index contributed by atoms with van der Waals surface area (Å²) in [7, 11) is 0. The Morgan fingerprint density at radius 1 is 1.20 bits per heavy atom. The van der Waals surface area contributed by atoms with Crippen molar-refractivity contribution >= 4 is 17.2 Å². The fraction of sp³-hybridized carbons (Fsp3) is 0.333. The maximum absolute atomic E-state index is 12.2. The Labute approximate surface area is 150 Å². The van der Waals surface area contributed by atoms with Gasteiger partial charge < -0.3 is 4.90 Å². The van der Waals surface area contributed by atoms with Gasteiger partial charge in [0.05, 0.1) is 16.7 Å². The second kappa shape index (κ2) is 6.40. The van der Waals surface area contributed by atoms with Crippen LogP contribution < -0.4 is 0 Å². The smallest absolute Gasteiger partial charge is 0.223 e. The molecule has 1 fully saturated rings. The highest BCUT2D eigenvalue weighted by Gasteiger charge is 2.30. The third-order valence-corrected chi connectivity index (χ3v) is 5.21. The molecule has 1 unspecified atom stereocenters. The third-order valence-electron chi connectivity index (χ3n) is 4.43. The SMILES string of the molecule is Cc1nc(-c2nc(C(C)N3CCCC3=O)n(-c3ccccc3)n2)cs1. The summed E-state index contributed by atoms with van der Waals surface area (Å²) in [6.45, 7) is 4.75. The van der Waals surface area contributed by atoms with Gasteiger partial charge in [0.1, 0.15) is 5.69 Å². The summed E-state index contributed by atoms with van der Waals surface area (Å²) in [6.07, 6.45) is 1.52. The second-order valence-corrected chi connectivity index (χ2v) is 7.22. The molecule has 4 rings (SSSR count). The molecule has 1 amide bonds. The molecule has 0 spiro atoms. The van der Waals surface area contributed by atoms with Crippen molar-refractivity contribution in [3.63, 3.8) is 0 Å². The molecule has 25 heavy (non-hydrogen) atoms. The number of rotatable bonds is 4. The van der Waals surface area contributed by atoms with Gasteiger partial charge in [-0.1, -0.05) is 18.2 Å². The first-order valence-corrected chi connectivity index (χ1v) is 9.26. The Bertz CT molecular complexity index is 901. The van der Waals surface area contributed by atoms with Gasteiger partial charge in [-0.25, -0.2) is 14.6 Å². The van der Waals surface area contributed by atoms with Crippen molar-refractivity contribution in [3.8, 4) is 17.2 Å². The summed E-state index contributed by atoms with van der Waals surface area (Å²) in [5.41, 5.74) is 1.71. The quantitative estimate of drug-likeness (QED) is 0.721. The fourth-order valence-corrected chi connectivity index (χ4v) is 3.74. The maximum atomic E-state index is 12.2. The van der Waals surface area contributed by atoms with Crippen LogP contribution in [0, 0.1) is 6.92 Å². The van der Waals surface area contributed by atoms with E-state index in [2.05, 4.69) is 4.98 Å². The Kier molecular flexibility index (Phi) is 4.09. The third kappa shape index (κ3) is 2.95. The van der Waals surface area contributed by atoms with E-state index in [1.54, 1.807) is 11.3 Å². The fourth-order valence-electron chi connectivity index (χ4n) is 3.15. The van der Waals surface area contributed by atoms with E-state index in [4.69, 9.17) is 10.1 Å². The Morgan fingerprint density at radius 3 is 2.64 bits per heavy atom. The van der Waals surface area contributed by atoms with E-state index in [0.717, 1.165) is 35.2 Å². The molecule has 0 N–H and O–H groups in total. The van der Waals surface area contributed by atoms with E-state index in [-0.39, 0.29) is 11.9 Å². The topological polar surface area (TPSA) is 63.9 Å². The van der Waals surface area contributed by atoms with Gasteiger partial charge in [-0.05, 0) is 32.4 Å². The zero-order valence-corrected chi connectivity index (χ0v) is 15.0. The minimum absolute atomic E-state index is 0.129. The number of carbonyl (C=O) groups excluding carboxylic acids is 1. The second-order valence-electron chi connectivity index (χ2n) is 6.16. The molecule has 0 aliphatic carbocycles. The average Bonchev–Trinajstić information content (AvgIpc) is 3.34. The highest BCUT2D eigenvalue weighted by Crippen LogP contribution is 2.28. The molecule has 1 atom stereocenters. The molecular weight excluding hydrogens is 334 g/mol. The van der Waals surface area contributed by atoms with Gasteiger partial charge in [0.2, 0.25) is 11.7 Å². The van der Waals surface area contributed by atoms with Crippen molar-refractivity contribution in [2.24, 2.45) is 0 Å². The number of aromatic nitrogens is 4. The number of hydrogen-bond acceptors (Lipinski definition) is 5. The number of hydrogen-bond donors (Lipinski definition) is 0. The van der Waals surface area contributed by atoms with E-state index < -0.39 is 0 Å². The van der Waals surface area contributed by atoms with Crippen molar-refractivity contribution in [1.82, 2.24) is 24.6 Å². The van der Waals surface area contributed by atoms with Crippen LogP contribution in [0.25, 0.3) is 17.2 Å². The van der Waals surface area contributed by atoms with E-state index in [1.807, 2.05) is 59.1 Å². The largest absolute Gasteiger partial charge is 0.333 e. The number of carbonyl (C=O) groups is 1. The number of benzene rings is 1. The first-order valence-electron chi connectivity index (χ1n) is 8.38. The van der Waals surface area contributed by atoms with Crippen LogP contribution in [0.4, 0.5) is 0 Å². The van der Waals surface area contributed by atoms with Gasteiger partial charge in [0, 0.05) is 18.3 Å². The number of para-hydroxylation sites is 1. The zero-order valence-electron chi connectivity index (χ0n) is 14.2. The van der Waals surface area contributed by atoms with E-state index >= 15 is 0 Å². The van der Waals surface area contributed by atoms with Crippen LogP contribution in [-0.4, -0.2) is 37.1 Å². The van der Waals surface area contributed by atoms with Gasteiger partial charge >= 0.3 is 0 Å². The highest BCUT2D eigenvalue weighted by molar-refractivity contribution is 7.09. The van der Waals surface area contributed by atoms with Crippen LogP contribution in [0.1, 0.15) is 36.6 Å². The van der Waals surface area contributed by atoms with Crippen molar-refractivity contribution < 1.29 is 4.79 Å². The lowest BCUT2D eigenvalue weighted by atomic mass is 10.2. The molecule has 6 nitrogen and oxygen atoms in total. The van der Waals surface area contributed by atoms with Crippen LogP contribution >= 0.6 is 11.3 Å². The molecule has 2 aromatic heterocycles. The van der Waals surface area contributed by atoms with Crippen molar-refractivity contribution in [1.29, 1.82) is 0 Å². The van der Waals surface area contributed by atoms with Crippen molar-refractivity contribution in [2.75, 3.05) is 6.54 Å². The summed E-state index contributed by atoms with van der Waals surface area (Å²) in [4.78, 5) is 23.3. The first-order chi connectivity index (χ1) is 12.1. The standard InChI is InChI=1S/C18H19N5OS/c1-12(22-10-6-9-16(22)24)18-20-17(15-11-25-13(2)19-15)21-23(18)14-7-4-3-5-8-14/h3-5,7-8,11-12H,6,9-10H2,1-2H3. The molecule has 7 heteroatoms. The molecule has 3 heterocycles. The van der Waals surface area contributed by atoms with Crippen molar-refractivity contribution in [2.45, 2.75) is 32.7 Å². The molecule has 1 saturated heterocycles. The number of nitrogens with zero attached hydrogens (tertiary/aromatic N) is 5. The van der Waals surface area contributed by atoms with Crippen LogP contribution in [0.15, 0.2) is 35.7 Å². The minimum Gasteiger partial charge on any atom is -0.333 e. The average molecular weight is 353 g/mol. The number of amides is 1. The summed E-state index contributed by atoms with van der Waals surface area (Å²) in [5.74, 6) is 1.55. The van der Waals surface area contributed by atoms with Crippen LogP contribution in [-0.2, 0) is 4.79 Å². The van der Waals surface area contributed by atoms with Crippen LogP contribution in [0.3, 0.4) is 0 Å². The highest BCUT2D eigenvalue weighted by atomic mass is 32.1. The van der Waals surface area contributed by atoms with E-state index in [1.165, 1.54) is 0 Å². The Balaban J connectivity index is 1.80. The Morgan fingerprint density at radius 2 is 2.00 bits per heavy atom. The molecule has 0 radical (unpaired) electrons. The summed E-state index contributed by atoms with van der Waals surface area (Å²) < 4.78 is 1.83.